The Bertz CT molecular complexity index is 641. The SMILES string of the molecule is CC1=NC(=S)C(N2CCOCC2)C(=O)N1Cc1ccc(Cl)cc1. The van der Waals surface area contributed by atoms with Gasteiger partial charge in [-0.3, -0.25) is 14.6 Å². The number of morpholine rings is 1. The number of amidine groups is 1. The van der Waals surface area contributed by atoms with Crippen molar-refractivity contribution in [1.29, 1.82) is 0 Å². The molecule has 1 amide bonds. The fourth-order valence-electron chi connectivity index (χ4n) is 2.81. The number of thiocarbonyl (C=S) groups is 1. The third-order valence-electron chi connectivity index (χ3n) is 4.06. The van der Waals surface area contributed by atoms with E-state index < -0.39 is 6.04 Å². The van der Waals surface area contributed by atoms with Crippen LogP contribution >= 0.6 is 23.8 Å². The maximum Gasteiger partial charge on any atom is 0.252 e. The highest BCUT2D eigenvalue weighted by atomic mass is 35.5. The maximum atomic E-state index is 13.0. The molecule has 2 aliphatic heterocycles. The van der Waals surface area contributed by atoms with Crippen LogP contribution in [0.3, 0.4) is 0 Å². The number of benzene rings is 1. The van der Waals surface area contributed by atoms with Gasteiger partial charge in [-0.25, -0.2) is 4.99 Å². The Kier molecular flexibility index (Phi) is 5.06. The number of aliphatic imine (C=N–C) groups is 1. The number of amides is 1. The quantitative estimate of drug-likeness (QED) is 0.783. The van der Waals surface area contributed by atoms with Crippen molar-refractivity contribution in [3.63, 3.8) is 0 Å². The van der Waals surface area contributed by atoms with Gasteiger partial charge in [0.1, 0.15) is 16.9 Å². The summed E-state index contributed by atoms with van der Waals surface area (Å²) in [6, 6.07) is 7.01. The predicted octanol–water partition coefficient (Wildman–Crippen LogP) is 2.13. The summed E-state index contributed by atoms with van der Waals surface area (Å²) in [6.07, 6.45) is 0. The van der Waals surface area contributed by atoms with E-state index in [1.807, 2.05) is 31.2 Å². The second kappa shape index (κ2) is 7.05. The first-order valence-electron chi connectivity index (χ1n) is 7.53. The van der Waals surface area contributed by atoms with Crippen molar-refractivity contribution in [3.8, 4) is 0 Å². The van der Waals surface area contributed by atoms with Gasteiger partial charge in [0.15, 0.2) is 0 Å². The zero-order valence-corrected chi connectivity index (χ0v) is 14.4. The van der Waals surface area contributed by atoms with E-state index in [1.165, 1.54) is 0 Å². The molecule has 0 aliphatic carbocycles. The molecule has 7 heteroatoms. The van der Waals surface area contributed by atoms with Gasteiger partial charge in [-0.15, -0.1) is 0 Å². The summed E-state index contributed by atoms with van der Waals surface area (Å²) in [5.41, 5.74) is 1.01. The minimum absolute atomic E-state index is 0.0145. The van der Waals surface area contributed by atoms with E-state index in [2.05, 4.69) is 9.89 Å². The zero-order valence-electron chi connectivity index (χ0n) is 12.9. The molecule has 0 radical (unpaired) electrons. The highest BCUT2D eigenvalue weighted by molar-refractivity contribution is 7.80. The third kappa shape index (κ3) is 3.61. The summed E-state index contributed by atoms with van der Waals surface area (Å²) in [7, 11) is 0. The van der Waals surface area contributed by atoms with Gasteiger partial charge in [0.25, 0.3) is 5.91 Å². The van der Waals surface area contributed by atoms with Gasteiger partial charge in [0.05, 0.1) is 19.8 Å². The molecule has 3 rings (SSSR count). The lowest BCUT2D eigenvalue weighted by molar-refractivity contribution is -0.132. The Hall–Kier alpha value is -1.34. The van der Waals surface area contributed by atoms with Crippen molar-refractivity contribution < 1.29 is 9.53 Å². The summed E-state index contributed by atoms with van der Waals surface area (Å²) < 4.78 is 5.36. The van der Waals surface area contributed by atoms with E-state index in [9.17, 15) is 4.79 Å². The number of ether oxygens (including phenoxy) is 1. The molecule has 0 saturated carbocycles. The van der Waals surface area contributed by atoms with Crippen molar-refractivity contribution in [1.82, 2.24) is 9.80 Å². The number of carbonyl (C=O) groups is 1. The highest BCUT2D eigenvalue weighted by Gasteiger charge is 2.38. The molecule has 1 aromatic rings. The van der Waals surface area contributed by atoms with Crippen LogP contribution in [0.5, 0.6) is 0 Å². The van der Waals surface area contributed by atoms with Crippen LogP contribution in [0.1, 0.15) is 12.5 Å². The number of rotatable bonds is 3. The summed E-state index contributed by atoms with van der Waals surface area (Å²) in [5.74, 6) is 0.624. The second-order valence-electron chi connectivity index (χ2n) is 5.60. The number of nitrogens with zero attached hydrogens (tertiary/aromatic N) is 3. The molecule has 0 bridgehead atoms. The van der Waals surface area contributed by atoms with Crippen LogP contribution in [0.4, 0.5) is 0 Å². The summed E-state index contributed by atoms with van der Waals surface area (Å²) >= 11 is 11.3. The van der Waals surface area contributed by atoms with Crippen LogP contribution in [0.15, 0.2) is 29.3 Å². The van der Waals surface area contributed by atoms with Crippen LogP contribution in [0, 0.1) is 0 Å². The van der Waals surface area contributed by atoms with Gasteiger partial charge in [-0.1, -0.05) is 36.0 Å². The number of hydrogen-bond acceptors (Lipinski definition) is 4. The van der Waals surface area contributed by atoms with Crippen LogP contribution in [0.2, 0.25) is 5.02 Å². The summed E-state index contributed by atoms with van der Waals surface area (Å²) in [6.45, 7) is 4.91. The molecule has 2 aliphatic rings. The van der Waals surface area contributed by atoms with E-state index >= 15 is 0 Å². The Labute approximate surface area is 145 Å². The number of carbonyl (C=O) groups excluding carboxylic acids is 1. The molecular formula is C16H18ClN3O2S. The fourth-order valence-corrected chi connectivity index (χ4v) is 3.31. The van der Waals surface area contributed by atoms with E-state index in [-0.39, 0.29) is 5.91 Å². The molecule has 1 unspecified atom stereocenters. The van der Waals surface area contributed by atoms with Crippen molar-refractivity contribution in [2.75, 3.05) is 26.3 Å². The number of halogens is 1. The predicted molar refractivity (Wildman–Crippen MR) is 93.9 cm³/mol. The highest BCUT2D eigenvalue weighted by Crippen LogP contribution is 2.19. The minimum Gasteiger partial charge on any atom is -0.379 e. The lowest BCUT2D eigenvalue weighted by atomic mass is 10.1. The largest absolute Gasteiger partial charge is 0.379 e. The molecule has 0 spiro atoms. The Balaban J connectivity index is 1.81. The molecule has 23 heavy (non-hydrogen) atoms. The van der Waals surface area contributed by atoms with E-state index in [4.69, 9.17) is 28.6 Å². The van der Waals surface area contributed by atoms with Gasteiger partial charge in [0.2, 0.25) is 0 Å². The molecule has 5 nitrogen and oxygen atoms in total. The van der Waals surface area contributed by atoms with Crippen molar-refractivity contribution >= 4 is 40.6 Å². The lowest BCUT2D eigenvalue weighted by Crippen LogP contribution is -2.58. The van der Waals surface area contributed by atoms with E-state index in [0.717, 1.165) is 5.56 Å². The first-order valence-corrected chi connectivity index (χ1v) is 8.31. The Morgan fingerprint density at radius 3 is 2.61 bits per heavy atom. The number of hydrogen-bond donors (Lipinski definition) is 0. The fraction of sp³-hybridized carbons (Fsp3) is 0.438. The van der Waals surface area contributed by atoms with Crippen molar-refractivity contribution in [2.24, 2.45) is 4.99 Å². The molecular weight excluding hydrogens is 334 g/mol. The molecule has 122 valence electrons. The third-order valence-corrected chi connectivity index (χ3v) is 4.63. The summed E-state index contributed by atoms with van der Waals surface area (Å²) in [5, 5.41) is 0.677. The molecule has 1 atom stereocenters. The van der Waals surface area contributed by atoms with Gasteiger partial charge < -0.3 is 4.74 Å². The maximum absolute atomic E-state index is 13.0. The molecule has 1 saturated heterocycles. The van der Waals surface area contributed by atoms with Crippen LogP contribution < -0.4 is 0 Å². The Morgan fingerprint density at radius 1 is 1.30 bits per heavy atom. The first kappa shape index (κ1) is 16.5. The van der Waals surface area contributed by atoms with Crippen LogP contribution in [-0.4, -0.2) is 58.9 Å². The van der Waals surface area contributed by atoms with E-state index in [0.29, 0.717) is 48.7 Å². The van der Waals surface area contributed by atoms with Gasteiger partial charge in [0, 0.05) is 18.1 Å². The normalized spacial score (nSPS) is 23.1. The summed E-state index contributed by atoms with van der Waals surface area (Å²) in [4.78, 5) is 21.6. The monoisotopic (exact) mass is 351 g/mol. The molecule has 2 heterocycles. The van der Waals surface area contributed by atoms with Gasteiger partial charge in [-0.05, 0) is 24.6 Å². The molecule has 1 fully saturated rings. The van der Waals surface area contributed by atoms with Gasteiger partial charge in [-0.2, -0.15) is 0 Å². The topological polar surface area (TPSA) is 45.1 Å². The molecule has 0 aromatic heterocycles. The van der Waals surface area contributed by atoms with E-state index in [1.54, 1.807) is 4.90 Å². The van der Waals surface area contributed by atoms with Crippen LogP contribution in [0.25, 0.3) is 0 Å². The zero-order chi connectivity index (χ0) is 16.4. The van der Waals surface area contributed by atoms with Crippen LogP contribution in [-0.2, 0) is 16.1 Å². The lowest BCUT2D eigenvalue weighted by Gasteiger charge is -2.38. The average Bonchev–Trinajstić information content (AvgIpc) is 2.54. The minimum atomic E-state index is -0.468. The van der Waals surface area contributed by atoms with Crippen molar-refractivity contribution in [2.45, 2.75) is 19.5 Å². The first-order chi connectivity index (χ1) is 11.1. The molecule has 0 N–H and O–H groups in total. The Morgan fingerprint density at radius 2 is 1.96 bits per heavy atom. The average molecular weight is 352 g/mol. The molecule has 1 aromatic carbocycles. The second-order valence-corrected chi connectivity index (χ2v) is 6.45. The standard InChI is InChI=1S/C16H18ClN3O2S/c1-11-18-15(23)14(19-6-8-22-9-7-19)16(21)20(11)10-12-2-4-13(17)5-3-12/h2-5,14H,6-10H2,1H3. The van der Waals surface area contributed by atoms with Crippen molar-refractivity contribution in [3.05, 3.63) is 34.9 Å². The smallest absolute Gasteiger partial charge is 0.252 e. The van der Waals surface area contributed by atoms with Gasteiger partial charge >= 0.3 is 0 Å².